The van der Waals surface area contributed by atoms with Crippen LogP contribution in [0.25, 0.3) is 15.9 Å². The molecule has 0 unspecified atom stereocenters. The number of rotatable bonds is 7. The van der Waals surface area contributed by atoms with E-state index < -0.39 is 0 Å². The van der Waals surface area contributed by atoms with Gasteiger partial charge < -0.3 is 9.73 Å². The van der Waals surface area contributed by atoms with Gasteiger partial charge in [0.1, 0.15) is 16.4 Å². The van der Waals surface area contributed by atoms with Gasteiger partial charge in [-0.2, -0.15) is 0 Å². The van der Waals surface area contributed by atoms with Gasteiger partial charge in [-0.05, 0) is 37.1 Å². The molecule has 0 saturated heterocycles. The molecule has 0 aliphatic carbocycles. The fourth-order valence-corrected chi connectivity index (χ4v) is 5.38. The van der Waals surface area contributed by atoms with Crippen LogP contribution in [0.3, 0.4) is 0 Å². The largest absolute Gasteiger partial charge is 0.467 e. The van der Waals surface area contributed by atoms with Crippen molar-refractivity contribution in [3.05, 3.63) is 76.3 Å². The Hall–Kier alpha value is -3.17. The quantitative estimate of drug-likeness (QED) is 0.357. The summed E-state index contributed by atoms with van der Waals surface area (Å²) < 4.78 is 7.26. The molecule has 0 saturated carbocycles. The van der Waals surface area contributed by atoms with Crippen LogP contribution in [0.1, 0.15) is 27.6 Å². The number of amides is 1. The van der Waals surface area contributed by atoms with Crippen LogP contribution >= 0.6 is 23.1 Å². The second kappa shape index (κ2) is 8.76. The van der Waals surface area contributed by atoms with Gasteiger partial charge in [0.25, 0.3) is 0 Å². The van der Waals surface area contributed by atoms with Gasteiger partial charge in [-0.15, -0.1) is 21.5 Å². The molecule has 0 aliphatic heterocycles. The summed E-state index contributed by atoms with van der Waals surface area (Å²) in [7, 11) is 0. The summed E-state index contributed by atoms with van der Waals surface area (Å²) in [6.45, 7) is 4.56. The van der Waals surface area contributed by atoms with Crippen LogP contribution in [-0.4, -0.2) is 31.2 Å². The van der Waals surface area contributed by atoms with E-state index >= 15 is 0 Å². The SMILES string of the molecule is Cc1sc2nc(Cc3ccccc3)n3c(SCC(=O)NCc4ccco4)nnc3c2c1C. The summed E-state index contributed by atoms with van der Waals surface area (Å²) in [6.07, 6.45) is 2.24. The second-order valence-corrected chi connectivity index (χ2v) is 9.59. The van der Waals surface area contributed by atoms with E-state index in [0.717, 1.165) is 33.0 Å². The van der Waals surface area contributed by atoms with Crippen molar-refractivity contribution in [3.8, 4) is 0 Å². The Labute approximate surface area is 192 Å². The van der Waals surface area contributed by atoms with E-state index in [1.54, 1.807) is 23.7 Å². The standard InChI is InChI=1S/C23H21N5O2S2/c1-14-15(2)32-22-20(14)21-26-27-23(31-13-19(29)24-12-17-9-6-10-30-17)28(21)18(25-22)11-16-7-4-3-5-8-16/h3-10H,11-13H2,1-2H3,(H,24,29). The van der Waals surface area contributed by atoms with Gasteiger partial charge >= 0.3 is 0 Å². The van der Waals surface area contributed by atoms with E-state index in [9.17, 15) is 4.79 Å². The third-order valence-electron chi connectivity index (χ3n) is 5.29. The van der Waals surface area contributed by atoms with E-state index in [2.05, 4.69) is 41.5 Å². The molecule has 0 fully saturated rings. The number of thiophene rings is 1. The predicted octanol–water partition coefficient (Wildman–Crippen LogP) is 4.55. The highest BCUT2D eigenvalue weighted by molar-refractivity contribution is 7.99. The van der Waals surface area contributed by atoms with Gasteiger partial charge in [0.05, 0.1) is 23.9 Å². The number of hydrogen-bond donors (Lipinski definition) is 1. The Morgan fingerprint density at radius 1 is 1.16 bits per heavy atom. The number of fused-ring (bicyclic) bond motifs is 3. The van der Waals surface area contributed by atoms with Crippen LogP contribution < -0.4 is 5.32 Å². The lowest BCUT2D eigenvalue weighted by atomic mass is 10.1. The number of nitrogens with one attached hydrogen (secondary N) is 1. The first-order valence-electron chi connectivity index (χ1n) is 10.2. The smallest absolute Gasteiger partial charge is 0.230 e. The monoisotopic (exact) mass is 463 g/mol. The maximum absolute atomic E-state index is 12.4. The molecule has 7 nitrogen and oxygen atoms in total. The van der Waals surface area contributed by atoms with Crippen molar-refractivity contribution < 1.29 is 9.21 Å². The van der Waals surface area contributed by atoms with Crippen LogP contribution in [0.2, 0.25) is 0 Å². The number of furan rings is 1. The van der Waals surface area contributed by atoms with E-state index in [1.807, 2.05) is 28.7 Å². The maximum atomic E-state index is 12.4. The zero-order valence-electron chi connectivity index (χ0n) is 17.7. The number of aryl methyl sites for hydroxylation is 2. The molecular formula is C23H21N5O2S2. The molecule has 1 N–H and O–H groups in total. The molecule has 0 aliphatic rings. The second-order valence-electron chi connectivity index (χ2n) is 7.44. The normalized spacial score (nSPS) is 11.4. The van der Waals surface area contributed by atoms with Crippen LogP contribution in [0, 0.1) is 13.8 Å². The third-order valence-corrected chi connectivity index (χ3v) is 7.32. The Morgan fingerprint density at radius 2 is 2.00 bits per heavy atom. The summed E-state index contributed by atoms with van der Waals surface area (Å²) >= 11 is 3.04. The zero-order valence-corrected chi connectivity index (χ0v) is 19.3. The lowest BCUT2D eigenvalue weighted by Crippen LogP contribution is -2.24. The molecular weight excluding hydrogens is 442 g/mol. The molecule has 0 atom stereocenters. The Kier molecular flexibility index (Phi) is 5.67. The van der Waals surface area contributed by atoms with E-state index in [1.165, 1.54) is 22.2 Å². The fourth-order valence-electron chi connectivity index (χ4n) is 3.55. The van der Waals surface area contributed by atoms with Gasteiger partial charge in [0.15, 0.2) is 10.8 Å². The molecule has 1 aromatic carbocycles. The molecule has 0 radical (unpaired) electrons. The van der Waals surface area contributed by atoms with Gasteiger partial charge in [-0.25, -0.2) is 4.98 Å². The third kappa shape index (κ3) is 4.01. The van der Waals surface area contributed by atoms with Gasteiger partial charge in [-0.3, -0.25) is 9.20 Å². The minimum Gasteiger partial charge on any atom is -0.467 e. The Balaban J connectivity index is 1.47. The minimum absolute atomic E-state index is 0.0932. The molecule has 0 spiro atoms. The molecule has 4 heterocycles. The van der Waals surface area contributed by atoms with Crippen LogP contribution in [0.15, 0.2) is 58.3 Å². The molecule has 162 valence electrons. The molecule has 5 aromatic rings. The van der Waals surface area contributed by atoms with E-state index in [-0.39, 0.29) is 11.7 Å². The van der Waals surface area contributed by atoms with Gasteiger partial charge in [0, 0.05) is 11.3 Å². The molecule has 4 aromatic heterocycles. The number of carbonyl (C=O) groups is 1. The van der Waals surface area contributed by atoms with Crippen molar-refractivity contribution in [1.82, 2.24) is 24.9 Å². The van der Waals surface area contributed by atoms with Crippen LogP contribution in [-0.2, 0) is 17.8 Å². The fraction of sp³-hybridized carbons (Fsp3) is 0.217. The van der Waals surface area contributed by atoms with Crippen molar-refractivity contribution in [2.24, 2.45) is 0 Å². The molecule has 5 rings (SSSR count). The summed E-state index contributed by atoms with van der Waals surface area (Å²) in [5.41, 5.74) is 3.13. The Bertz CT molecular complexity index is 1390. The molecule has 32 heavy (non-hydrogen) atoms. The lowest BCUT2D eigenvalue weighted by Gasteiger charge is -2.08. The summed E-state index contributed by atoms with van der Waals surface area (Å²) in [5.74, 6) is 1.72. The minimum atomic E-state index is -0.0932. The number of hydrogen-bond acceptors (Lipinski definition) is 7. The summed E-state index contributed by atoms with van der Waals surface area (Å²) in [4.78, 5) is 19.5. The maximum Gasteiger partial charge on any atom is 0.230 e. The topological polar surface area (TPSA) is 85.3 Å². The van der Waals surface area contributed by atoms with Crippen LogP contribution in [0.4, 0.5) is 0 Å². The van der Waals surface area contributed by atoms with Crippen LogP contribution in [0.5, 0.6) is 0 Å². The van der Waals surface area contributed by atoms with Crippen molar-refractivity contribution in [1.29, 1.82) is 0 Å². The predicted molar refractivity (Wildman–Crippen MR) is 126 cm³/mol. The van der Waals surface area contributed by atoms with Crippen molar-refractivity contribution in [2.45, 2.75) is 32.0 Å². The van der Waals surface area contributed by atoms with Gasteiger partial charge in [-0.1, -0.05) is 42.1 Å². The molecule has 0 bridgehead atoms. The van der Waals surface area contributed by atoms with Crippen molar-refractivity contribution in [3.63, 3.8) is 0 Å². The first kappa shape index (κ1) is 20.7. The van der Waals surface area contributed by atoms with E-state index in [4.69, 9.17) is 9.40 Å². The number of benzene rings is 1. The van der Waals surface area contributed by atoms with E-state index in [0.29, 0.717) is 18.1 Å². The summed E-state index contributed by atoms with van der Waals surface area (Å²) in [5, 5.41) is 13.5. The first-order chi connectivity index (χ1) is 15.6. The molecule has 1 amide bonds. The van der Waals surface area contributed by atoms with Crippen molar-refractivity contribution in [2.75, 3.05) is 5.75 Å². The Morgan fingerprint density at radius 3 is 2.78 bits per heavy atom. The average Bonchev–Trinajstić information content (AvgIpc) is 3.52. The summed E-state index contributed by atoms with van der Waals surface area (Å²) in [6, 6.07) is 13.9. The van der Waals surface area contributed by atoms with Crippen molar-refractivity contribution >= 4 is 44.9 Å². The highest BCUT2D eigenvalue weighted by atomic mass is 32.2. The number of thioether (sulfide) groups is 1. The zero-order chi connectivity index (χ0) is 22.1. The number of carbonyl (C=O) groups excluding carboxylic acids is 1. The highest BCUT2D eigenvalue weighted by Crippen LogP contribution is 2.33. The highest BCUT2D eigenvalue weighted by Gasteiger charge is 2.20. The lowest BCUT2D eigenvalue weighted by molar-refractivity contribution is -0.118. The molecule has 9 heteroatoms. The van der Waals surface area contributed by atoms with Gasteiger partial charge in [0.2, 0.25) is 5.91 Å². The first-order valence-corrected chi connectivity index (χ1v) is 12.0. The average molecular weight is 464 g/mol. The number of nitrogens with zero attached hydrogens (tertiary/aromatic N) is 4. The number of aromatic nitrogens is 4.